The van der Waals surface area contributed by atoms with Crippen molar-refractivity contribution < 1.29 is 19.2 Å². The van der Waals surface area contributed by atoms with Crippen LogP contribution < -0.4 is 15.0 Å². The highest BCUT2D eigenvalue weighted by Crippen LogP contribution is 2.40. The lowest BCUT2D eigenvalue weighted by Crippen LogP contribution is -2.34. The molecule has 0 radical (unpaired) electrons. The van der Waals surface area contributed by atoms with Crippen molar-refractivity contribution in [2.24, 2.45) is 0 Å². The van der Waals surface area contributed by atoms with Gasteiger partial charge in [0.2, 0.25) is 5.95 Å². The minimum Gasteiger partial charge on any atom is -0.494 e. The number of ether oxygens (including phenoxy) is 2. The number of para-hydroxylation sites is 1. The van der Waals surface area contributed by atoms with E-state index in [1.165, 1.54) is 37.5 Å². The quantitative estimate of drug-likeness (QED) is 0.216. The summed E-state index contributed by atoms with van der Waals surface area (Å²) in [5.41, 5.74) is 3.52. The van der Waals surface area contributed by atoms with Gasteiger partial charge in [0, 0.05) is 54.1 Å². The molecule has 0 bridgehead atoms. The summed E-state index contributed by atoms with van der Waals surface area (Å²) in [6.07, 6.45) is 4.16. The van der Waals surface area contributed by atoms with Gasteiger partial charge in [-0.15, -0.1) is 0 Å². The number of nitrogens with zero attached hydrogens (tertiary/aromatic N) is 5. The van der Waals surface area contributed by atoms with E-state index in [1.807, 2.05) is 18.2 Å². The summed E-state index contributed by atoms with van der Waals surface area (Å²) < 4.78 is 13.3. The Kier molecular flexibility index (Phi) is 7.05. The number of hydrogen-bond acceptors (Lipinski definition) is 8. The Morgan fingerprint density at radius 1 is 1.18 bits per heavy atom. The summed E-state index contributed by atoms with van der Waals surface area (Å²) in [4.78, 5) is 34.4. The Morgan fingerprint density at radius 3 is 2.67 bits per heavy atom. The number of anilines is 3. The number of carbonyl (C=O) groups is 1. The molecule has 1 N–H and O–H groups in total. The van der Waals surface area contributed by atoms with Crippen molar-refractivity contribution >= 4 is 40.0 Å². The van der Waals surface area contributed by atoms with Crippen LogP contribution in [0.3, 0.4) is 0 Å². The van der Waals surface area contributed by atoms with Gasteiger partial charge in [0.25, 0.3) is 5.69 Å². The molecule has 0 unspecified atom stereocenters. The zero-order chi connectivity index (χ0) is 28.6. The molecule has 208 valence electrons. The number of aromatic nitrogens is 3. The second-order valence-corrected chi connectivity index (χ2v) is 10.7. The number of fused-ring (bicyclic) bond motifs is 3. The topological polar surface area (TPSA) is 125 Å². The van der Waals surface area contributed by atoms with Gasteiger partial charge < -0.3 is 19.4 Å². The number of nitrogens with one attached hydrogen (secondary N) is 1. The Hall–Kier alpha value is -4.67. The lowest BCUT2D eigenvalue weighted by molar-refractivity contribution is -0.384. The van der Waals surface area contributed by atoms with E-state index in [0.717, 1.165) is 47.4 Å². The van der Waals surface area contributed by atoms with E-state index in [1.54, 1.807) is 27.0 Å². The minimum absolute atomic E-state index is 0.0308. The smallest absolute Gasteiger partial charge is 0.414 e. The van der Waals surface area contributed by atoms with Crippen molar-refractivity contribution in [3.63, 3.8) is 0 Å². The predicted molar refractivity (Wildman–Crippen MR) is 153 cm³/mol. The first-order valence-corrected chi connectivity index (χ1v) is 13.1. The van der Waals surface area contributed by atoms with E-state index >= 15 is 0 Å². The Balaban J connectivity index is 1.53. The van der Waals surface area contributed by atoms with Crippen molar-refractivity contribution in [1.29, 1.82) is 0 Å². The third kappa shape index (κ3) is 5.14. The molecule has 0 spiro atoms. The van der Waals surface area contributed by atoms with E-state index in [0.29, 0.717) is 0 Å². The molecule has 40 heavy (non-hydrogen) atoms. The molecule has 0 saturated carbocycles. The standard InChI is InChI=1S/C29H32N6O5/c1-29(2,3)40-28(36)33(4)23-17-25(39-5)20(16-24(23)35(37)38)32-27-30-14-13-19(31-27)26-18-10-6-7-11-21(18)34-15-9-8-12-22(26)34/h6-7,10-11,13-14,16-17H,8-9,12,15H2,1-5H3,(H,30,31,32). The lowest BCUT2D eigenvalue weighted by Gasteiger charge is -2.25. The molecule has 0 saturated heterocycles. The fourth-order valence-electron chi connectivity index (χ4n) is 5.07. The molecule has 0 fully saturated rings. The number of nitro groups is 1. The van der Waals surface area contributed by atoms with Gasteiger partial charge in [-0.05, 0) is 52.2 Å². The molecular formula is C29H32N6O5. The first-order valence-electron chi connectivity index (χ1n) is 13.1. The third-order valence-corrected chi connectivity index (χ3v) is 6.80. The molecule has 4 aromatic rings. The molecule has 11 nitrogen and oxygen atoms in total. The second kappa shape index (κ2) is 10.5. The third-order valence-electron chi connectivity index (χ3n) is 6.80. The molecule has 2 aromatic carbocycles. The summed E-state index contributed by atoms with van der Waals surface area (Å²) >= 11 is 0. The molecule has 11 heteroatoms. The maximum absolute atomic E-state index is 12.7. The number of hydrogen-bond donors (Lipinski definition) is 1. The van der Waals surface area contributed by atoms with Crippen LogP contribution in [0.5, 0.6) is 5.75 Å². The minimum atomic E-state index is -0.765. The number of methoxy groups -OCH3 is 1. The number of rotatable bonds is 6. The number of nitro benzene ring substituents is 1. The van der Waals surface area contributed by atoms with E-state index < -0.39 is 16.6 Å². The van der Waals surface area contributed by atoms with E-state index in [2.05, 4.69) is 27.0 Å². The molecule has 5 rings (SSSR count). The largest absolute Gasteiger partial charge is 0.494 e. The molecule has 3 heterocycles. The second-order valence-electron chi connectivity index (χ2n) is 10.7. The number of benzene rings is 2. The van der Waals surface area contributed by atoms with Crippen molar-refractivity contribution in [1.82, 2.24) is 14.5 Å². The van der Waals surface area contributed by atoms with E-state index in [-0.39, 0.29) is 28.8 Å². The summed E-state index contributed by atoms with van der Waals surface area (Å²) in [6, 6.07) is 12.9. The van der Waals surface area contributed by atoms with Gasteiger partial charge in [-0.1, -0.05) is 18.2 Å². The molecule has 0 aliphatic carbocycles. The van der Waals surface area contributed by atoms with Crippen LogP contribution in [0.1, 0.15) is 39.3 Å². The van der Waals surface area contributed by atoms with Crippen LogP contribution >= 0.6 is 0 Å². The molecule has 1 aliphatic rings. The molecule has 1 amide bonds. The fraction of sp³-hybridized carbons (Fsp3) is 0.345. The van der Waals surface area contributed by atoms with Crippen molar-refractivity contribution in [3.05, 3.63) is 64.5 Å². The van der Waals surface area contributed by atoms with Crippen LogP contribution in [0, 0.1) is 10.1 Å². The van der Waals surface area contributed by atoms with Crippen LogP contribution in [0.25, 0.3) is 22.2 Å². The van der Waals surface area contributed by atoms with Gasteiger partial charge in [-0.3, -0.25) is 15.0 Å². The first-order chi connectivity index (χ1) is 19.1. The van der Waals surface area contributed by atoms with Crippen LogP contribution in [0.2, 0.25) is 0 Å². The van der Waals surface area contributed by atoms with Gasteiger partial charge in [-0.2, -0.15) is 0 Å². The monoisotopic (exact) mass is 544 g/mol. The highest BCUT2D eigenvalue weighted by atomic mass is 16.6. The Labute approximate surface area is 231 Å². The summed E-state index contributed by atoms with van der Waals surface area (Å²) in [7, 11) is 2.86. The summed E-state index contributed by atoms with van der Waals surface area (Å²) in [5, 5.41) is 16.3. The molecular weight excluding hydrogens is 512 g/mol. The zero-order valence-electron chi connectivity index (χ0n) is 23.2. The van der Waals surface area contributed by atoms with Gasteiger partial charge in [0.05, 0.1) is 23.4 Å². The van der Waals surface area contributed by atoms with Crippen LogP contribution in [0.4, 0.5) is 27.8 Å². The van der Waals surface area contributed by atoms with Crippen LogP contribution in [0.15, 0.2) is 48.7 Å². The maximum Gasteiger partial charge on any atom is 0.414 e. The average Bonchev–Trinajstić information content (AvgIpc) is 3.26. The van der Waals surface area contributed by atoms with Crippen molar-refractivity contribution in [2.75, 3.05) is 24.4 Å². The number of aryl methyl sites for hydroxylation is 1. The van der Waals surface area contributed by atoms with Crippen molar-refractivity contribution in [3.8, 4) is 17.0 Å². The predicted octanol–water partition coefficient (Wildman–Crippen LogP) is 6.47. The van der Waals surface area contributed by atoms with Crippen LogP contribution in [-0.4, -0.2) is 45.3 Å². The average molecular weight is 545 g/mol. The SMILES string of the molecule is COc1cc(N(C)C(=O)OC(C)(C)C)c([N+](=O)[O-])cc1Nc1nccc(-c2c3n(c4ccccc24)CCCC3)n1. The summed E-state index contributed by atoms with van der Waals surface area (Å²) in [6.45, 7) is 6.14. The van der Waals surface area contributed by atoms with Crippen molar-refractivity contribution in [2.45, 2.75) is 52.2 Å². The fourth-order valence-corrected chi connectivity index (χ4v) is 5.07. The van der Waals surface area contributed by atoms with Crippen LogP contribution in [-0.2, 0) is 17.7 Å². The zero-order valence-corrected chi connectivity index (χ0v) is 23.2. The Bertz CT molecular complexity index is 1610. The number of amides is 1. The summed E-state index contributed by atoms with van der Waals surface area (Å²) in [5.74, 6) is 0.537. The number of carbonyl (C=O) groups excluding carboxylic acids is 1. The first kappa shape index (κ1) is 26.9. The van der Waals surface area contributed by atoms with Gasteiger partial charge in [0.1, 0.15) is 17.0 Å². The lowest BCUT2D eigenvalue weighted by atomic mass is 10.0. The molecule has 2 aromatic heterocycles. The van der Waals surface area contributed by atoms with Gasteiger partial charge in [-0.25, -0.2) is 14.8 Å². The molecule has 0 atom stereocenters. The van der Waals surface area contributed by atoms with E-state index in [4.69, 9.17) is 14.5 Å². The van der Waals surface area contributed by atoms with Gasteiger partial charge >= 0.3 is 6.09 Å². The normalized spacial score (nSPS) is 13.0. The van der Waals surface area contributed by atoms with Gasteiger partial charge in [0.15, 0.2) is 0 Å². The maximum atomic E-state index is 12.7. The molecule has 1 aliphatic heterocycles. The highest BCUT2D eigenvalue weighted by Gasteiger charge is 2.28. The Morgan fingerprint density at radius 2 is 1.95 bits per heavy atom. The van der Waals surface area contributed by atoms with E-state index in [9.17, 15) is 14.9 Å². The highest BCUT2D eigenvalue weighted by molar-refractivity contribution is 5.97.